The normalized spacial score (nSPS) is 23.0. The van der Waals surface area contributed by atoms with Crippen molar-refractivity contribution in [3.05, 3.63) is 0 Å². The quantitative estimate of drug-likeness (QED) is 0.261. The minimum atomic E-state index is 0. The summed E-state index contributed by atoms with van der Waals surface area (Å²) < 4.78 is 5.76. The molecule has 0 aromatic rings. The van der Waals surface area contributed by atoms with Crippen molar-refractivity contribution in [2.75, 3.05) is 39.9 Å². The number of halogens is 1. The van der Waals surface area contributed by atoms with Crippen molar-refractivity contribution in [3.63, 3.8) is 0 Å². The van der Waals surface area contributed by atoms with Gasteiger partial charge in [0.2, 0.25) is 0 Å². The van der Waals surface area contributed by atoms with Gasteiger partial charge in [-0.1, -0.05) is 6.42 Å². The highest BCUT2D eigenvalue weighted by Crippen LogP contribution is 2.57. The molecule has 0 heterocycles. The van der Waals surface area contributed by atoms with E-state index < -0.39 is 0 Å². The molecular weight excluding hydrogens is 401 g/mol. The zero-order valence-corrected chi connectivity index (χ0v) is 17.2. The predicted octanol–water partition coefficient (Wildman–Crippen LogP) is 3.51. The van der Waals surface area contributed by atoms with E-state index in [0.29, 0.717) is 5.41 Å². The number of likely N-dealkylation sites (N-methyl/N-ethyl adjacent to an activating group) is 1. The lowest BCUT2D eigenvalue weighted by atomic mass is 9.65. The van der Waals surface area contributed by atoms with Crippen LogP contribution in [0.2, 0.25) is 0 Å². The summed E-state index contributed by atoms with van der Waals surface area (Å²) in [6.07, 6.45) is 9.82. The molecule has 3 saturated carbocycles. The summed E-state index contributed by atoms with van der Waals surface area (Å²) in [7, 11) is 2.13. The van der Waals surface area contributed by atoms with Gasteiger partial charge in [-0.15, -0.1) is 24.0 Å². The Hall–Kier alpha value is -0.0400. The van der Waals surface area contributed by atoms with E-state index in [1.165, 1.54) is 44.9 Å². The number of nitrogens with zero attached hydrogens (tertiary/aromatic N) is 2. The van der Waals surface area contributed by atoms with E-state index in [-0.39, 0.29) is 24.0 Å². The van der Waals surface area contributed by atoms with Gasteiger partial charge in [0.15, 0.2) is 5.96 Å². The van der Waals surface area contributed by atoms with Crippen LogP contribution < -0.4 is 5.32 Å². The number of nitrogens with one attached hydrogen (secondary N) is 1. The molecule has 0 amide bonds. The Bertz CT molecular complexity index is 390. The van der Waals surface area contributed by atoms with Crippen LogP contribution in [0, 0.1) is 17.3 Å². The predicted molar refractivity (Wildman–Crippen MR) is 107 cm³/mol. The molecule has 23 heavy (non-hydrogen) atoms. The van der Waals surface area contributed by atoms with Crippen molar-refractivity contribution in [2.24, 2.45) is 22.2 Å². The molecule has 4 nitrogen and oxygen atoms in total. The van der Waals surface area contributed by atoms with Crippen LogP contribution in [0.5, 0.6) is 0 Å². The number of rotatable bonds is 9. The molecule has 3 fully saturated rings. The summed E-state index contributed by atoms with van der Waals surface area (Å²) in [4.78, 5) is 7.20. The second kappa shape index (κ2) is 8.88. The number of aliphatic imine (C=N–C) groups is 1. The minimum absolute atomic E-state index is 0. The van der Waals surface area contributed by atoms with Gasteiger partial charge >= 0.3 is 0 Å². The van der Waals surface area contributed by atoms with E-state index in [4.69, 9.17) is 9.73 Å². The lowest BCUT2D eigenvalue weighted by molar-refractivity contribution is 0.110. The first-order chi connectivity index (χ1) is 10.7. The average Bonchev–Trinajstić information content (AvgIpc) is 3.34. The summed E-state index contributed by atoms with van der Waals surface area (Å²) in [5, 5.41) is 3.44. The van der Waals surface area contributed by atoms with E-state index in [1.54, 1.807) is 0 Å². The van der Waals surface area contributed by atoms with Crippen molar-refractivity contribution in [2.45, 2.75) is 51.9 Å². The maximum absolute atomic E-state index is 5.76. The summed E-state index contributed by atoms with van der Waals surface area (Å²) in [6.45, 7) is 6.79. The van der Waals surface area contributed by atoms with Crippen LogP contribution in [-0.2, 0) is 4.74 Å². The Kier molecular flexibility index (Phi) is 7.45. The summed E-state index contributed by atoms with van der Waals surface area (Å²) >= 11 is 0. The smallest absolute Gasteiger partial charge is 0.193 e. The zero-order valence-electron chi connectivity index (χ0n) is 14.9. The van der Waals surface area contributed by atoms with Gasteiger partial charge in [-0.25, -0.2) is 0 Å². The fourth-order valence-corrected chi connectivity index (χ4v) is 3.57. The van der Waals surface area contributed by atoms with Crippen molar-refractivity contribution in [1.29, 1.82) is 0 Å². The standard InChI is InChI=1S/C18H33N3O.HI/c1-3-19-17(21(2)11-12-22-13-15-5-6-15)20-14-18(9-4-10-18)16-7-8-16;/h15-16H,3-14H2,1-2H3,(H,19,20);1H. The van der Waals surface area contributed by atoms with Gasteiger partial charge in [0, 0.05) is 33.3 Å². The van der Waals surface area contributed by atoms with E-state index in [0.717, 1.165) is 50.6 Å². The van der Waals surface area contributed by atoms with Crippen LogP contribution in [0.4, 0.5) is 0 Å². The molecule has 0 bridgehead atoms. The van der Waals surface area contributed by atoms with Crippen molar-refractivity contribution in [1.82, 2.24) is 10.2 Å². The van der Waals surface area contributed by atoms with Gasteiger partial charge in [0.05, 0.1) is 6.61 Å². The first-order valence-corrected chi connectivity index (χ1v) is 9.31. The summed E-state index contributed by atoms with van der Waals surface area (Å²) in [6, 6.07) is 0. The molecule has 0 aromatic heterocycles. The number of guanidine groups is 1. The van der Waals surface area contributed by atoms with Crippen LogP contribution in [0.15, 0.2) is 4.99 Å². The van der Waals surface area contributed by atoms with Gasteiger partial charge in [0.1, 0.15) is 0 Å². The van der Waals surface area contributed by atoms with Gasteiger partial charge < -0.3 is 15.0 Å². The number of ether oxygens (including phenoxy) is 1. The van der Waals surface area contributed by atoms with E-state index in [9.17, 15) is 0 Å². The highest BCUT2D eigenvalue weighted by molar-refractivity contribution is 14.0. The lowest BCUT2D eigenvalue weighted by Gasteiger charge is -2.41. The van der Waals surface area contributed by atoms with Crippen LogP contribution in [0.25, 0.3) is 0 Å². The molecule has 3 aliphatic rings. The third kappa shape index (κ3) is 5.48. The van der Waals surface area contributed by atoms with E-state index in [2.05, 4.69) is 24.2 Å². The highest BCUT2D eigenvalue weighted by Gasteiger charge is 2.48. The van der Waals surface area contributed by atoms with Gasteiger partial charge in [-0.05, 0) is 62.7 Å². The van der Waals surface area contributed by atoms with Crippen LogP contribution in [0.1, 0.15) is 51.9 Å². The fraction of sp³-hybridized carbons (Fsp3) is 0.944. The van der Waals surface area contributed by atoms with Crippen LogP contribution in [-0.4, -0.2) is 50.8 Å². The molecule has 0 aliphatic heterocycles. The average molecular weight is 435 g/mol. The third-order valence-electron chi connectivity index (χ3n) is 5.65. The fourth-order valence-electron chi connectivity index (χ4n) is 3.57. The Labute approximate surface area is 158 Å². The Morgan fingerprint density at radius 1 is 1.26 bits per heavy atom. The third-order valence-corrected chi connectivity index (χ3v) is 5.65. The van der Waals surface area contributed by atoms with E-state index in [1.807, 2.05) is 0 Å². The first kappa shape index (κ1) is 19.3. The maximum Gasteiger partial charge on any atom is 0.193 e. The molecule has 0 atom stereocenters. The van der Waals surface area contributed by atoms with Crippen LogP contribution >= 0.6 is 24.0 Å². The largest absolute Gasteiger partial charge is 0.379 e. The molecule has 1 N–H and O–H groups in total. The monoisotopic (exact) mass is 435 g/mol. The molecule has 0 spiro atoms. The highest BCUT2D eigenvalue weighted by atomic mass is 127. The zero-order chi connectivity index (χ0) is 15.4. The van der Waals surface area contributed by atoms with Gasteiger partial charge in [-0.2, -0.15) is 0 Å². The minimum Gasteiger partial charge on any atom is -0.379 e. The Morgan fingerprint density at radius 2 is 2.00 bits per heavy atom. The topological polar surface area (TPSA) is 36.9 Å². The molecule has 5 heteroatoms. The van der Waals surface area contributed by atoms with E-state index >= 15 is 0 Å². The Morgan fingerprint density at radius 3 is 2.52 bits per heavy atom. The van der Waals surface area contributed by atoms with Crippen molar-refractivity contribution in [3.8, 4) is 0 Å². The second-order valence-electron chi connectivity index (χ2n) is 7.60. The SMILES string of the molecule is CCNC(=NCC1(C2CC2)CCC1)N(C)CCOCC1CC1.I. The summed E-state index contributed by atoms with van der Waals surface area (Å²) in [5.74, 6) is 2.88. The molecule has 3 rings (SSSR count). The van der Waals surface area contributed by atoms with Gasteiger partial charge in [0.25, 0.3) is 0 Å². The molecule has 0 saturated heterocycles. The second-order valence-corrected chi connectivity index (χ2v) is 7.60. The summed E-state index contributed by atoms with van der Waals surface area (Å²) in [5.41, 5.74) is 0.560. The number of hydrogen-bond acceptors (Lipinski definition) is 2. The maximum atomic E-state index is 5.76. The van der Waals surface area contributed by atoms with Gasteiger partial charge in [-0.3, -0.25) is 4.99 Å². The molecule has 134 valence electrons. The molecular formula is C18H34IN3O. The molecule has 0 aromatic carbocycles. The Balaban J connectivity index is 0.00000192. The number of hydrogen-bond donors (Lipinski definition) is 1. The molecule has 3 aliphatic carbocycles. The van der Waals surface area contributed by atoms with Crippen LogP contribution in [0.3, 0.4) is 0 Å². The lowest BCUT2D eigenvalue weighted by Crippen LogP contribution is -2.42. The van der Waals surface area contributed by atoms with Crippen molar-refractivity contribution < 1.29 is 4.74 Å². The van der Waals surface area contributed by atoms with Crippen molar-refractivity contribution >= 4 is 29.9 Å². The first-order valence-electron chi connectivity index (χ1n) is 9.31. The molecule has 0 radical (unpaired) electrons. The molecule has 0 unspecified atom stereocenters.